The first-order chi connectivity index (χ1) is 8.31. The Morgan fingerprint density at radius 1 is 1.18 bits per heavy atom. The SMILES string of the molecule is NCC1CCCCC1OC1CCCCNC1=O. The lowest BCUT2D eigenvalue weighted by Crippen LogP contribution is -2.41. The van der Waals surface area contributed by atoms with Crippen molar-refractivity contribution in [1.82, 2.24) is 5.32 Å². The van der Waals surface area contributed by atoms with E-state index in [4.69, 9.17) is 10.5 Å². The van der Waals surface area contributed by atoms with Crippen molar-refractivity contribution < 1.29 is 9.53 Å². The predicted octanol–water partition coefficient (Wildman–Crippen LogP) is 1.19. The molecule has 2 aliphatic rings. The van der Waals surface area contributed by atoms with Crippen molar-refractivity contribution in [2.45, 2.75) is 57.2 Å². The number of hydrogen-bond donors (Lipinski definition) is 2. The highest BCUT2D eigenvalue weighted by molar-refractivity contribution is 5.80. The lowest BCUT2D eigenvalue weighted by molar-refractivity contribution is -0.140. The van der Waals surface area contributed by atoms with Gasteiger partial charge in [0.1, 0.15) is 6.10 Å². The molecule has 17 heavy (non-hydrogen) atoms. The fourth-order valence-electron chi connectivity index (χ4n) is 2.87. The molecule has 1 aliphatic heterocycles. The number of nitrogens with two attached hydrogens (primary N) is 1. The standard InChI is InChI=1S/C13H24N2O2/c14-9-10-5-1-2-6-11(10)17-12-7-3-4-8-15-13(12)16/h10-12H,1-9,14H2,(H,15,16). The average Bonchev–Trinajstić information content (AvgIpc) is 2.56. The number of rotatable bonds is 3. The van der Waals surface area contributed by atoms with Gasteiger partial charge in [0.25, 0.3) is 0 Å². The molecule has 1 amide bonds. The molecule has 3 atom stereocenters. The third-order valence-electron chi connectivity index (χ3n) is 3.97. The maximum absolute atomic E-state index is 11.8. The van der Waals surface area contributed by atoms with Crippen LogP contribution in [0.25, 0.3) is 0 Å². The van der Waals surface area contributed by atoms with Crippen LogP contribution >= 0.6 is 0 Å². The van der Waals surface area contributed by atoms with Crippen LogP contribution in [0.3, 0.4) is 0 Å². The molecule has 4 nitrogen and oxygen atoms in total. The molecule has 0 radical (unpaired) electrons. The molecule has 3 unspecified atom stereocenters. The maximum atomic E-state index is 11.8. The summed E-state index contributed by atoms with van der Waals surface area (Å²) in [5.74, 6) is 0.517. The van der Waals surface area contributed by atoms with Gasteiger partial charge in [-0.3, -0.25) is 4.79 Å². The molecule has 98 valence electrons. The Labute approximate surface area is 103 Å². The Balaban J connectivity index is 1.90. The van der Waals surface area contributed by atoms with Crippen LogP contribution in [0, 0.1) is 5.92 Å². The molecule has 3 N–H and O–H groups in total. The maximum Gasteiger partial charge on any atom is 0.249 e. The zero-order chi connectivity index (χ0) is 12.1. The number of nitrogens with one attached hydrogen (secondary N) is 1. The van der Waals surface area contributed by atoms with E-state index >= 15 is 0 Å². The summed E-state index contributed by atoms with van der Waals surface area (Å²) in [5, 5.41) is 2.92. The third kappa shape index (κ3) is 3.42. The van der Waals surface area contributed by atoms with E-state index in [1.165, 1.54) is 12.8 Å². The highest BCUT2D eigenvalue weighted by atomic mass is 16.5. The Morgan fingerprint density at radius 2 is 1.94 bits per heavy atom. The minimum absolute atomic E-state index is 0.0730. The number of carbonyl (C=O) groups is 1. The second-order valence-corrected chi connectivity index (χ2v) is 5.23. The van der Waals surface area contributed by atoms with Crippen LogP contribution < -0.4 is 11.1 Å². The van der Waals surface area contributed by atoms with Crippen LogP contribution in [0.1, 0.15) is 44.9 Å². The molecule has 0 bridgehead atoms. The van der Waals surface area contributed by atoms with Gasteiger partial charge in [0.15, 0.2) is 0 Å². The minimum atomic E-state index is -0.241. The molecular formula is C13H24N2O2. The third-order valence-corrected chi connectivity index (χ3v) is 3.97. The van der Waals surface area contributed by atoms with Crippen LogP contribution in [0.15, 0.2) is 0 Å². The van der Waals surface area contributed by atoms with Crippen LogP contribution in [-0.4, -0.2) is 31.2 Å². The largest absolute Gasteiger partial charge is 0.365 e. The average molecular weight is 240 g/mol. The van der Waals surface area contributed by atoms with Gasteiger partial charge in [-0.2, -0.15) is 0 Å². The molecule has 0 aromatic rings. The van der Waals surface area contributed by atoms with Gasteiger partial charge in [-0.25, -0.2) is 0 Å². The summed E-state index contributed by atoms with van der Waals surface area (Å²) in [6.07, 6.45) is 7.62. The molecule has 1 saturated carbocycles. The Hall–Kier alpha value is -0.610. The van der Waals surface area contributed by atoms with E-state index in [9.17, 15) is 4.79 Å². The summed E-state index contributed by atoms with van der Waals surface area (Å²) in [7, 11) is 0. The van der Waals surface area contributed by atoms with Gasteiger partial charge in [-0.1, -0.05) is 12.8 Å². The van der Waals surface area contributed by atoms with Gasteiger partial charge in [0, 0.05) is 6.54 Å². The highest BCUT2D eigenvalue weighted by Gasteiger charge is 2.30. The van der Waals surface area contributed by atoms with E-state index in [1.807, 2.05) is 0 Å². The normalized spacial score (nSPS) is 35.1. The molecule has 0 aromatic carbocycles. The molecule has 1 saturated heterocycles. The van der Waals surface area contributed by atoms with Gasteiger partial charge in [0.2, 0.25) is 5.91 Å². The molecule has 4 heteroatoms. The first-order valence-corrected chi connectivity index (χ1v) is 6.94. The van der Waals surface area contributed by atoms with Crippen molar-refractivity contribution in [2.75, 3.05) is 13.1 Å². The zero-order valence-electron chi connectivity index (χ0n) is 10.5. The van der Waals surface area contributed by atoms with Crippen LogP contribution in [0.2, 0.25) is 0 Å². The van der Waals surface area contributed by atoms with E-state index in [-0.39, 0.29) is 18.1 Å². The Kier molecular flexibility index (Phi) is 4.80. The summed E-state index contributed by atoms with van der Waals surface area (Å²) < 4.78 is 6.04. The van der Waals surface area contributed by atoms with Crippen molar-refractivity contribution in [3.05, 3.63) is 0 Å². The van der Waals surface area contributed by atoms with Crippen molar-refractivity contribution in [3.63, 3.8) is 0 Å². The number of ether oxygens (including phenoxy) is 1. The molecule has 1 heterocycles. The number of carbonyl (C=O) groups excluding carboxylic acids is 1. The summed E-state index contributed by atoms with van der Waals surface area (Å²) >= 11 is 0. The fraction of sp³-hybridized carbons (Fsp3) is 0.923. The van der Waals surface area contributed by atoms with Gasteiger partial charge in [-0.05, 0) is 44.6 Å². The van der Waals surface area contributed by atoms with Crippen molar-refractivity contribution in [2.24, 2.45) is 11.7 Å². The van der Waals surface area contributed by atoms with Gasteiger partial charge in [-0.15, -0.1) is 0 Å². The molecule has 2 rings (SSSR count). The summed E-state index contributed by atoms with van der Waals surface area (Å²) in [5.41, 5.74) is 5.78. The molecule has 1 aliphatic carbocycles. The second-order valence-electron chi connectivity index (χ2n) is 5.23. The Bertz CT molecular complexity index is 258. The summed E-state index contributed by atoms with van der Waals surface area (Å²) in [6.45, 7) is 1.47. The molecular weight excluding hydrogens is 216 g/mol. The van der Waals surface area contributed by atoms with E-state index in [2.05, 4.69) is 5.32 Å². The van der Waals surface area contributed by atoms with Crippen LogP contribution in [0.5, 0.6) is 0 Å². The second kappa shape index (κ2) is 6.36. The highest BCUT2D eigenvalue weighted by Crippen LogP contribution is 2.28. The number of amides is 1. The van der Waals surface area contributed by atoms with Crippen molar-refractivity contribution in [1.29, 1.82) is 0 Å². The first-order valence-electron chi connectivity index (χ1n) is 6.94. The Morgan fingerprint density at radius 3 is 2.76 bits per heavy atom. The first kappa shape index (κ1) is 12.8. The quantitative estimate of drug-likeness (QED) is 0.779. The molecule has 0 spiro atoms. The topological polar surface area (TPSA) is 64.3 Å². The summed E-state index contributed by atoms with van der Waals surface area (Å²) in [6, 6.07) is 0. The number of hydrogen-bond acceptors (Lipinski definition) is 3. The lowest BCUT2D eigenvalue weighted by atomic mass is 9.86. The minimum Gasteiger partial charge on any atom is -0.365 e. The van der Waals surface area contributed by atoms with E-state index in [1.54, 1.807) is 0 Å². The predicted molar refractivity (Wildman–Crippen MR) is 66.5 cm³/mol. The van der Waals surface area contributed by atoms with Crippen LogP contribution in [0.4, 0.5) is 0 Å². The summed E-state index contributed by atoms with van der Waals surface area (Å²) in [4.78, 5) is 11.8. The van der Waals surface area contributed by atoms with Crippen molar-refractivity contribution in [3.8, 4) is 0 Å². The smallest absolute Gasteiger partial charge is 0.249 e. The van der Waals surface area contributed by atoms with Crippen LogP contribution in [-0.2, 0) is 9.53 Å². The monoisotopic (exact) mass is 240 g/mol. The van der Waals surface area contributed by atoms with Gasteiger partial charge >= 0.3 is 0 Å². The fourth-order valence-corrected chi connectivity index (χ4v) is 2.87. The molecule has 2 fully saturated rings. The lowest BCUT2D eigenvalue weighted by Gasteiger charge is -2.33. The zero-order valence-corrected chi connectivity index (χ0v) is 10.5. The van der Waals surface area contributed by atoms with E-state index in [0.29, 0.717) is 12.5 Å². The van der Waals surface area contributed by atoms with Crippen molar-refractivity contribution >= 4 is 5.91 Å². The molecule has 0 aromatic heterocycles. The van der Waals surface area contributed by atoms with E-state index in [0.717, 1.165) is 38.6 Å². The van der Waals surface area contributed by atoms with Gasteiger partial charge < -0.3 is 15.8 Å². The van der Waals surface area contributed by atoms with Gasteiger partial charge in [0.05, 0.1) is 6.10 Å². The van der Waals surface area contributed by atoms with E-state index < -0.39 is 0 Å².